The Balaban J connectivity index is 2.28. The molecule has 1 unspecified atom stereocenters. The molecule has 114 valence electrons. The zero-order valence-corrected chi connectivity index (χ0v) is 12.2. The first-order valence-corrected chi connectivity index (χ1v) is 6.98. The lowest BCUT2D eigenvalue weighted by Crippen LogP contribution is -2.31. The summed E-state index contributed by atoms with van der Waals surface area (Å²) in [6, 6.07) is 1.93. The van der Waals surface area contributed by atoms with E-state index in [2.05, 4.69) is 17.3 Å². The lowest BCUT2D eigenvalue weighted by atomic mass is 10.0. The lowest BCUT2D eigenvalue weighted by Gasteiger charge is -2.18. The van der Waals surface area contributed by atoms with Gasteiger partial charge in [0.1, 0.15) is 17.5 Å². The van der Waals surface area contributed by atoms with Crippen LogP contribution in [0.2, 0.25) is 0 Å². The van der Waals surface area contributed by atoms with E-state index >= 15 is 0 Å². The van der Waals surface area contributed by atoms with E-state index in [1.54, 1.807) is 13.1 Å². The van der Waals surface area contributed by atoms with Gasteiger partial charge in [0.05, 0.1) is 6.04 Å². The highest BCUT2D eigenvalue weighted by molar-refractivity contribution is 5.28. The fraction of sp³-hybridized carbons (Fsp3) is 0.400. The van der Waals surface area contributed by atoms with Crippen LogP contribution in [-0.4, -0.2) is 9.55 Å². The highest BCUT2D eigenvalue weighted by atomic mass is 19.1. The van der Waals surface area contributed by atoms with E-state index in [-0.39, 0.29) is 0 Å². The Morgan fingerprint density at radius 2 is 2.10 bits per heavy atom. The third-order valence-electron chi connectivity index (χ3n) is 3.51. The van der Waals surface area contributed by atoms with Gasteiger partial charge in [-0.1, -0.05) is 6.92 Å². The largest absolute Gasteiger partial charge is 0.335 e. The van der Waals surface area contributed by atoms with Gasteiger partial charge in [0.25, 0.3) is 0 Å². The van der Waals surface area contributed by atoms with Crippen LogP contribution in [0.4, 0.5) is 8.78 Å². The van der Waals surface area contributed by atoms with Crippen molar-refractivity contribution < 1.29 is 8.78 Å². The lowest BCUT2D eigenvalue weighted by molar-refractivity contribution is 0.483. The van der Waals surface area contributed by atoms with Crippen molar-refractivity contribution in [3.05, 3.63) is 53.1 Å². The standard InChI is InChI=1S/C15H20F2N4/c1-3-5-21-6-4-19-15(21)9-14(20-18)11-7-10(2)12(16)8-13(11)17/h4,6-8,14,20H,3,5,9,18H2,1-2H3. The molecule has 0 aliphatic rings. The van der Waals surface area contributed by atoms with Crippen molar-refractivity contribution in [1.82, 2.24) is 15.0 Å². The second kappa shape index (κ2) is 6.78. The Bertz CT molecular complexity index is 610. The average molecular weight is 294 g/mol. The molecule has 1 atom stereocenters. The molecule has 0 amide bonds. The van der Waals surface area contributed by atoms with Crippen LogP contribution in [-0.2, 0) is 13.0 Å². The number of aromatic nitrogens is 2. The summed E-state index contributed by atoms with van der Waals surface area (Å²) >= 11 is 0. The smallest absolute Gasteiger partial charge is 0.130 e. The molecule has 2 rings (SSSR count). The summed E-state index contributed by atoms with van der Waals surface area (Å²) in [5.74, 6) is 5.22. The molecule has 0 fully saturated rings. The number of hydrazine groups is 1. The Kier molecular flexibility index (Phi) is 5.03. The van der Waals surface area contributed by atoms with Gasteiger partial charge < -0.3 is 4.57 Å². The highest BCUT2D eigenvalue weighted by Crippen LogP contribution is 2.23. The van der Waals surface area contributed by atoms with Gasteiger partial charge in [0.15, 0.2) is 0 Å². The molecule has 21 heavy (non-hydrogen) atoms. The number of hydrogen-bond donors (Lipinski definition) is 2. The molecule has 0 radical (unpaired) electrons. The maximum atomic E-state index is 14.0. The van der Waals surface area contributed by atoms with E-state index in [0.717, 1.165) is 24.9 Å². The minimum Gasteiger partial charge on any atom is -0.335 e. The van der Waals surface area contributed by atoms with Gasteiger partial charge in [-0.2, -0.15) is 0 Å². The number of nitrogens with two attached hydrogens (primary N) is 1. The number of nitrogens with one attached hydrogen (secondary N) is 1. The number of hydrogen-bond acceptors (Lipinski definition) is 3. The third-order valence-corrected chi connectivity index (χ3v) is 3.51. The SMILES string of the molecule is CCCn1ccnc1CC(NN)c1cc(C)c(F)cc1F. The van der Waals surface area contributed by atoms with Crippen molar-refractivity contribution in [3.8, 4) is 0 Å². The van der Waals surface area contributed by atoms with Gasteiger partial charge in [0, 0.05) is 37.0 Å². The number of nitrogens with zero attached hydrogens (tertiary/aromatic N) is 2. The monoisotopic (exact) mass is 294 g/mol. The fourth-order valence-corrected chi connectivity index (χ4v) is 2.36. The fourth-order valence-electron chi connectivity index (χ4n) is 2.36. The zero-order chi connectivity index (χ0) is 15.4. The predicted octanol–water partition coefficient (Wildman–Crippen LogP) is 2.63. The number of benzene rings is 1. The first-order chi connectivity index (χ1) is 10.1. The summed E-state index contributed by atoms with van der Waals surface area (Å²) in [6.45, 7) is 4.52. The summed E-state index contributed by atoms with van der Waals surface area (Å²) in [6.07, 6.45) is 5.02. The molecule has 0 saturated carbocycles. The van der Waals surface area contributed by atoms with Crippen molar-refractivity contribution in [1.29, 1.82) is 0 Å². The van der Waals surface area contributed by atoms with Crippen LogP contribution in [0.1, 0.15) is 36.3 Å². The number of imidazole rings is 1. The number of halogens is 2. The van der Waals surface area contributed by atoms with Crippen LogP contribution < -0.4 is 11.3 Å². The van der Waals surface area contributed by atoms with E-state index < -0.39 is 17.7 Å². The Morgan fingerprint density at radius 3 is 2.76 bits per heavy atom. The molecule has 6 heteroatoms. The first-order valence-electron chi connectivity index (χ1n) is 6.98. The van der Waals surface area contributed by atoms with E-state index in [1.807, 2.05) is 10.8 Å². The molecule has 2 aromatic rings. The van der Waals surface area contributed by atoms with E-state index in [0.29, 0.717) is 17.5 Å². The summed E-state index contributed by atoms with van der Waals surface area (Å²) in [5.41, 5.74) is 3.34. The molecule has 0 aliphatic carbocycles. The maximum Gasteiger partial charge on any atom is 0.130 e. The molecule has 3 N–H and O–H groups in total. The van der Waals surface area contributed by atoms with E-state index in [9.17, 15) is 8.78 Å². The van der Waals surface area contributed by atoms with Crippen LogP contribution in [0.3, 0.4) is 0 Å². The molecule has 0 bridgehead atoms. The first kappa shape index (κ1) is 15.6. The number of rotatable bonds is 6. The zero-order valence-electron chi connectivity index (χ0n) is 12.2. The van der Waals surface area contributed by atoms with Crippen molar-refractivity contribution in [2.75, 3.05) is 0 Å². The molecular weight excluding hydrogens is 274 g/mol. The summed E-state index contributed by atoms with van der Waals surface area (Å²) < 4.78 is 29.4. The molecule has 1 heterocycles. The van der Waals surface area contributed by atoms with Crippen LogP contribution in [0.15, 0.2) is 24.5 Å². The van der Waals surface area contributed by atoms with Crippen LogP contribution >= 0.6 is 0 Å². The summed E-state index contributed by atoms with van der Waals surface area (Å²) in [4.78, 5) is 4.29. The van der Waals surface area contributed by atoms with Gasteiger partial charge in [-0.3, -0.25) is 11.3 Å². The average Bonchev–Trinajstić information content (AvgIpc) is 2.88. The van der Waals surface area contributed by atoms with Crippen LogP contribution in [0.25, 0.3) is 0 Å². The quantitative estimate of drug-likeness (QED) is 0.636. The topological polar surface area (TPSA) is 55.9 Å². The maximum absolute atomic E-state index is 14.0. The summed E-state index contributed by atoms with van der Waals surface area (Å²) in [7, 11) is 0. The van der Waals surface area contributed by atoms with Gasteiger partial charge in [-0.25, -0.2) is 13.8 Å². The molecule has 0 saturated heterocycles. The van der Waals surface area contributed by atoms with E-state index in [1.165, 1.54) is 6.07 Å². The van der Waals surface area contributed by atoms with E-state index in [4.69, 9.17) is 5.84 Å². The molecule has 1 aromatic heterocycles. The Morgan fingerprint density at radius 1 is 1.33 bits per heavy atom. The van der Waals surface area contributed by atoms with Crippen molar-refractivity contribution >= 4 is 0 Å². The van der Waals surface area contributed by atoms with Crippen LogP contribution in [0, 0.1) is 18.6 Å². The Hall–Kier alpha value is -1.79. The van der Waals surface area contributed by atoms with Gasteiger partial charge in [-0.15, -0.1) is 0 Å². The van der Waals surface area contributed by atoms with Crippen molar-refractivity contribution in [2.24, 2.45) is 5.84 Å². The normalized spacial score (nSPS) is 12.6. The van der Waals surface area contributed by atoms with Crippen LogP contribution in [0.5, 0.6) is 0 Å². The molecular formula is C15H20F2N4. The number of aryl methyl sites for hydroxylation is 2. The van der Waals surface area contributed by atoms with Gasteiger partial charge in [-0.05, 0) is 25.0 Å². The van der Waals surface area contributed by atoms with Crippen molar-refractivity contribution in [2.45, 2.75) is 39.3 Å². The molecule has 4 nitrogen and oxygen atoms in total. The Labute approximate surface area is 123 Å². The van der Waals surface area contributed by atoms with Gasteiger partial charge >= 0.3 is 0 Å². The van der Waals surface area contributed by atoms with Gasteiger partial charge in [0.2, 0.25) is 0 Å². The van der Waals surface area contributed by atoms with Crippen molar-refractivity contribution in [3.63, 3.8) is 0 Å². The molecule has 0 aliphatic heterocycles. The minimum atomic E-state index is -0.602. The predicted molar refractivity (Wildman–Crippen MR) is 77.4 cm³/mol. The molecule has 1 aromatic carbocycles. The summed E-state index contributed by atoms with van der Waals surface area (Å²) in [5, 5.41) is 0. The third kappa shape index (κ3) is 3.46. The highest BCUT2D eigenvalue weighted by Gasteiger charge is 2.19. The second-order valence-electron chi connectivity index (χ2n) is 5.08. The second-order valence-corrected chi connectivity index (χ2v) is 5.08. The molecule has 0 spiro atoms. The minimum absolute atomic E-state index is 0.349.